The summed E-state index contributed by atoms with van der Waals surface area (Å²) >= 11 is 0. The molecular formula is C23H24N4O4. The minimum absolute atomic E-state index is 0.0570. The number of para-hydroxylation sites is 2. The summed E-state index contributed by atoms with van der Waals surface area (Å²) in [6, 6.07) is 14.4. The Kier molecular flexibility index (Phi) is 5.96. The number of hydrogen-bond donors (Lipinski definition) is 2. The van der Waals surface area contributed by atoms with Crippen LogP contribution in [0.5, 0.6) is 11.5 Å². The molecule has 1 aromatic heterocycles. The average molecular weight is 420 g/mol. The Morgan fingerprint density at radius 1 is 1.23 bits per heavy atom. The van der Waals surface area contributed by atoms with Crippen molar-refractivity contribution in [3.63, 3.8) is 0 Å². The number of carbonyl (C=O) groups is 1. The number of fused-ring (bicyclic) bond motifs is 1. The molecule has 1 atom stereocenters. The first-order chi connectivity index (χ1) is 15.1. The zero-order valence-electron chi connectivity index (χ0n) is 17.2. The number of aromatic amines is 1. The molecule has 31 heavy (non-hydrogen) atoms. The number of nitrogens with one attached hydrogen (secondary N) is 1. The molecule has 8 heteroatoms. The summed E-state index contributed by atoms with van der Waals surface area (Å²) in [5, 5.41) is 19.6. The Labute approximate surface area is 180 Å². The number of carboxylic acids is 1. The van der Waals surface area contributed by atoms with Crippen LogP contribution in [0.25, 0.3) is 10.9 Å². The number of methoxy groups -OCH3 is 1. The van der Waals surface area contributed by atoms with E-state index in [1.165, 1.54) is 0 Å². The molecule has 2 aromatic carbocycles. The van der Waals surface area contributed by atoms with Crippen molar-refractivity contribution in [2.75, 3.05) is 44.8 Å². The van der Waals surface area contributed by atoms with Gasteiger partial charge in [-0.2, -0.15) is 5.26 Å². The van der Waals surface area contributed by atoms with Crippen LogP contribution >= 0.6 is 0 Å². The minimum atomic E-state index is -0.894. The second-order valence-corrected chi connectivity index (χ2v) is 7.33. The Bertz CT molecular complexity index is 1110. The van der Waals surface area contributed by atoms with Crippen molar-refractivity contribution in [2.45, 2.75) is 6.04 Å². The predicted molar refractivity (Wildman–Crippen MR) is 117 cm³/mol. The fourth-order valence-electron chi connectivity index (χ4n) is 4.15. The van der Waals surface area contributed by atoms with Crippen molar-refractivity contribution in [3.05, 3.63) is 54.2 Å². The topological polar surface area (TPSA) is 102 Å². The number of benzene rings is 2. The van der Waals surface area contributed by atoms with Crippen LogP contribution in [0.4, 0.5) is 5.69 Å². The van der Waals surface area contributed by atoms with Gasteiger partial charge in [0.15, 0.2) is 6.61 Å². The van der Waals surface area contributed by atoms with Crippen LogP contribution in [0.2, 0.25) is 0 Å². The number of piperazine rings is 1. The summed E-state index contributed by atoms with van der Waals surface area (Å²) in [7, 11) is 1.65. The zero-order valence-corrected chi connectivity index (χ0v) is 17.2. The van der Waals surface area contributed by atoms with Crippen molar-refractivity contribution in [2.24, 2.45) is 0 Å². The lowest BCUT2D eigenvalue weighted by Crippen LogP contribution is -2.49. The second-order valence-electron chi connectivity index (χ2n) is 7.33. The van der Waals surface area contributed by atoms with Gasteiger partial charge >= 0.3 is 5.97 Å². The Morgan fingerprint density at radius 3 is 2.71 bits per heavy atom. The van der Waals surface area contributed by atoms with Gasteiger partial charge in [-0.25, -0.2) is 0 Å². The molecule has 1 aliphatic heterocycles. The third-order valence-corrected chi connectivity index (χ3v) is 5.62. The van der Waals surface area contributed by atoms with Gasteiger partial charge in [0.1, 0.15) is 23.6 Å². The highest BCUT2D eigenvalue weighted by atomic mass is 16.5. The molecule has 0 saturated carbocycles. The van der Waals surface area contributed by atoms with Gasteiger partial charge in [0, 0.05) is 48.8 Å². The number of carboxylic acid groups (broad SMARTS) is 1. The number of hydrogen-bond acceptors (Lipinski definition) is 6. The Morgan fingerprint density at radius 2 is 2.00 bits per heavy atom. The fourth-order valence-corrected chi connectivity index (χ4v) is 4.15. The minimum Gasteiger partial charge on any atom is -0.495 e. The molecule has 0 amide bonds. The lowest BCUT2D eigenvalue weighted by atomic mass is 10.0. The maximum absolute atomic E-state index is 12.3. The summed E-state index contributed by atoms with van der Waals surface area (Å²) in [5.74, 6) is 0.460. The largest absolute Gasteiger partial charge is 0.495 e. The summed E-state index contributed by atoms with van der Waals surface area (Å²) in [5.41, 5.74) is 2.54. The SMILES string of the molecule is COc1ccccc1N1CCN([C@@H](C(=O)O)c2c[nH]c3ccc(OCC#N)cc23)CC1. The summed E-state index contributed by atoms with van der Waals surface area (Å²) in [4.78, 5) is 19.6. The molecule has 8 nitrogen and oxygen atoms in total. The smallest absolute Gasteiger partial charge is 0.325 e. The Balaban J connectivity index is 1.57. The summed E-state index contributed by atoms with van der Waals surface area (Å²) in [6.07, 6.45) is 1.75. The molecule has 0 bridgehead atoms. The number of rotatable bonds is 7. The van der Waals surface area contributed by atoms with E-state index in [1.807, 2.05) is 41.3 Å². The van der Waals surface area contributed by atoms with Crippen LogP contribution in [0.1, 0.15) is 11.6 Å². The maximum atomic E-state index is 12.3. The van der Waals surface area contributed by atoms with E-state index >= 15 is 0 Å². The average Bonchev–Trinajstić information content (AvgIpc) is 3.21. The maximum Gasteiger partial charge on any atom is 0.325 e. The number of nitrogens with zero attached hydrogens (tertiary/aromatic N) is 3. The first-order valence-corrected chi connectivity index (χ1v) is 10.1. The van der Waals surface area contributed by atoms with E-state index in [0.717, 1.165) is 22.3 Å². The van der Waals surface area contributed by atoms with Gasteiger partial charge in [0.25, 0.3) is 0 Å². The molecule has 1 saturated heterocycles. The number of ether oxygens (including phenoxy) is 2. The van der Waals surface area contributed by atoms with E-state index in [4.69, 9.17) is 14.7 Å². The van der Waals surface area contributed by atoms with Gasteiger partial charge in [-0.3, -0.25) is 9.69 Å². The van der Waals surface area contributed by atoms with Gasteiger partial charge in [-0.1, -0.05) is 12.1 Å². The molecule has 0 spiro atoms. The number of anilines is 1. The molecule has 4 rings (SSSR count). The van der Waals surface area contributed by atoms with Crippen molar-refractivity contribution in [3.8, 4) is 17.6 Å². The van der Waals surface area contributed by atoms with E-state index in [0.29, 0.717) is 37.5 Å². The number of nitriles is 1. The van der Waals surface area contributed by atoms with Gasteiger partial charge in [0.05, 0.1) is 12.8 Å². The number of aliphatic carboxylic acids is 1. The predicted octanol–water partition coefficient (Wildman–Crippen LogP) is 3.03. The van der Waals surface area contributed by atoms with E-state index < -0.39 is 12.0 Å². The highest BCUT2D eigenvalue weighted by Crippen LogP contribution is 2.33. The van der Waals surface area contributed by atoms with Crippen molar-refractivity contribution in [1.29, 1.82) is 5.26 Å². The molecular weight excluding hydrogens is 396 g/mol. The number of H-pyrrole nitrogens is 1. The normalized spacial score (nSPS) is 15.4. The number of aromatic nitrogens is 1. The molecule has 0 aliphatic carbocycles. The Hall–Kier alpha value is -3.70. The van der Waals surface area contributed by atoms with Gasteiger partial charge < -0.3 is 24.5 Å². The van der Waals surface area contributed by atoms with Crippen molar-refractivity contribution < 1.29 is 19.4 Å². The second kappa shape index (κ2) is 8.98. The molecule has 1 fully saturated rings. The standard InChI is InChI=1S/C23H24N4O4/c1-30-21-5-3-2-4-20(21)26-9-11-27(12-10-26)22(23(28)29)18-15-25-19-7-6-16(14-17(18)19)31-13-8-24/h2-7,14-15,22,25H,9-13H2,1H3,(H,28,29)/t22-/m1/s1. The quantitative estimate of drug-likeness (QED) is 0.606. The third kappa shape index (κ3) is 4.13. The van der Waals surface area contributed by atoms with Crippen LogP contribution in [0, 0.1) is 11.3 Å². The van der Waals surface area contributed by atoms with Crippen molar-refractivity contribution in [1.82, 2.24) is 9.88 Å². The molecule has 3 aromatic rings. The lowest BCUT2D eigenvalue weighted by Gasteiger charge is -2.39. The van der Waals surface area contributed by atoms with Gasteiger partial charge in [-0.05, 0) is 30.3 Å². The van der Waals surface area contributed by atoms with Gasteiger partial charge in [0.2, 0.25) is 0 Å². The van der Waals surface area contributed by atoms with E-state index in [9.17, 15) is 9.90 Å². The van der Waals surface area contributed by atoms with E-state index in [1.54, 1.807) is 25.4 Å². The molecule has 0 radical (unpaired) electrons. The first-order valence-electron chi connectivity index (χ1n) is 10.1. The molecule has 2 heterocycles. The first kappa shape index (κ1) is 20.6. The summed E-state index contributed by atoms with van der Waals surface area (Å²) < 4.78 is 10.9. The molecule has 0 unspecified atom stereocenters. The fraction of sp³-hybridized carbons (Fsp3) is 0.304. The third-order valence-electron chi connectivity index (χ3n) is 5.62. The molecule has 160 valence electrons. The van der Waals surface area contributed by atoms with Crippen LogP contribution in [0.15, 0.2) is 48.7 Å². The monoisotopic (exact) mass is 420 g/mol. The highest BCUT2D eigenvalue weighted by Gasteiger charge is 2.32. The van der Waals surface area contributed by atoms with Crippen LogP contribution in [-0.4, -0.2) is 60.9 Å². The van der Waals surface area contributed by atoms with E-state index in [2.05, 4.69) is 9.88 Å². The van der Waals surface area contributed by atoms with E-state index in [-0.39, 0.29) is 6.61 Å². The van der Waals surface area contributed by atoms with Crippen LogP contribution in [-0.2, 0) is 4.79 Å². The molecule has 1 aliphatic rings. The summed E-state index contributed by atoms with van der Waals surface area (Å²) in [6.45, 7) is 2.54. The molecule has 2 N–H and O–H groups in total. The lowest BCUT2D eigenvalue weighted by molar-refractivity contribution is -0.143. The van der Waals surface area contributed by atoms with Crippen LogP contribution < -0.4 is 14.4 Å². The van der Waals surface area contributed by atoms with Crippen LogP contribution in [0.3, 0.4) is 0 Å². The zero-order chi connectivity index (χ0) is 21.8. The highest BCUT2D eigenvalue weighted by molar-refractivity contribution is 5.90. The van der Waals surface area contributed by atoms with Gasteiger partial charge in [-0.15, -0.1) is 0 Å². The van der Waals surface area contributed by atoms with Crippen molar-refractivity contribution >= 4 is 22.6 Å².